The lowest BCUT2D eigenvalue weighted by atomic mass is 9.99. The van der Waals surface area contributed by atoms with Crippen molar-refractivity contribution in [3.05, 3.63) is 88.1 Å². The summed E-state index contributed by atoms with van der Waals surface area (Å²) in [4.78, 5) is 28.8. The van der Waals surface area contributed by atoms with Gasteiger partial charge in [-0.3, -0.25) is 9.59 Å². The van der Waals surface area contributed by atoms with E-state index in [1.54, 1.807) is 32.4 Å². The normalized spacial score (nSPS) is 13.5. The van der Waals surface area contributed by atoms with Gasteiger partial charge in [-0.05, 0) is 61.6 Å². The minimum absolute atomic E-state index is 0.212. The number of imide groups is 1. The maximum absolute atomic E-state index is 13.8. The van der Waals surface area contributed by atoms with E-state index in [9.17, 15) is 9.59 Å². The summed E-state index contributed by atoms with van der Waals surface area (Å²) in [5, 5.41) is 3.19. The lowest BCUT2D eigenvalue weighted by Crippen LogP contribution is -2.33. The van der Waals surface area contributed by atoms with Crippen LogP contribution in [0.25, 0.3) is 5.57 Å². The molecule has 0 bridgehead atoms. The van der Waals surface area contributed by atoms with Crippen molar-refractivity contribution in [3.8, 4) is 11.5 Å². The van der Waals surface area contributed by atoms with Crippen LogP contribution in [0, 0.1) is 27.7 Å². The first kappa shape index (κ1) is 23.1. The van der Waals surface area contributed by atoms with Gasteiger partial charge >= 0.3 is 0 Å². The second-order valence-corrected chi connectivity index (χ2v) is 8.51. The van der Waals surface area contributed by atoms with E-state index in [0.29, 0.717) is 34.0 Å². The third kappa shape index (κ3) is 4.15. The van der Waals surface area contributed by atoms with Crippen molar-refractivity contribution < 1.29 is 19.1 Å². The third-order valence-corrected chi connectivity index (χ3v) is 6.11. The first-order chi connectivity index (χ1) is 16.2. The zero-order valence-corrected chi connectivity index (χ0v) is 20.3. The van der Waals surface area contributed by atoms with Crippen LogP contribution in [-0.2, 0) is 9.59 Å². The van der Waals surface area contributed by atoms with Crippen LogP contribution in [0.3, 0.4) is 0 Å². The van der Waals surface area contributed by atoms with E-state index in [1.165, 1.54) is 4.90 Å². The number of benzene rings is 3. The van der Waals surface area contributed by atoms with E-state index < -0.39 is 5.91 Å². The average molecular weight is 457 g/mol. The lowest BCUT2D eigenvalue weighted by molar-refractivity contribution is -0.120. The van der Waals surface area contributed by atoms with Gasteiger partial charge in [0.15, 0.2) is 0 Å². The average Bonchev–Trinajstić information content (AvgIpc) is 3.06. The molecule has 0 spiro atoms. The van der Waals surface area contributed by atoms with Crippen molar-refractivity contribution >= 4 is 28.8 Å². The molecule has 0 fully saturated rings. The SMILES string of the molecule is COc1cc(NC2=C(c3ccc(C)c(C)c3)C(=O)N(c3cc(C)ccc3C)C2=O)cc(OC)c1. The number of methoxy groups -OCH3 is 2. The highest BCUT2D eigenvalue weighted by Gasteiger charge is 2.41. The van der Waals surface area contributed by atoms with Crippen molar-refractivity contribution in [2.24, 2.45) is 0 Å². The third-order valence-electron chi connectivity index (χ3n) is 6.11. The topological polar surface area (TPSA) is 67.9 Å². The summed E-state index contributed by atoms with van der Waals surface area (Å²) in [5.74, 6) is 0.365. The van der Waals surface area contributed by atoms with E-state index in [0.717, 1.165) is 22.3 Å². The van der Waals surface area contributed by atoms with Crippen LogP contribution in [0.5, 0.6) is 11.5 Å². The van der Waals surface area contributed by atoms with E-state index in [1.807, 2.05) is 64.1 Å². The summed E-state index contributed by atoms with van der Waals surface area (Å²) in [6.45, 7) is 7.83. The fourth-order valence-corrected chi connectivity index (χ4v) is 4.01. The molecule has 1 aliphatic rings. The minimum atomic E-state index is -0.409. The summed E-state index contributed by atoms with van der Waals surface area (Å²) >= 11 is 0. The number of ether oxygens (including phenoxy) is 2. The fraction of sp³-hybridized carbons (Fsp3) is 0.214. The number of nitrogens with one attached hydrogen (secondary N) is 1. The molecule has 0 unspecified atom stereocenters. The smallest absolute Gasteiger partial charge is 0.282 e. The summed E-state index contributed by atoms with van der Waals surface area (Å²) in [6, 6.07) is 16.8. The van der Waals surface area contributed by atoms with E-state index >= 15 is 0 Å². The zero-order chi connectivity index (χ0) is 24.6. The first-order valence-electron chi connectivity index (χ1n) is 11.0. The molecule has 34 heavy (non-hydrogen) atoms. The highest BCUT2D eigenvalue weighted by atomic mass is 16.5. The van der Waals surface area contributed by atoms with E-state index in [2.05, 4.69) is 5.32 Å². The van der Waals surface area contributed by atoms with Gasteiger partial charge in [-0.1, -0.05) is 30.3 Å². The van der Waals surface area contributed by atoms with Crippen LogP contribution in [0.15, 0.2) is 60.3 Å². The van der Waals surface area contributed by atoms with Crippen LogP contribution >= 0.6 is 0 Å². The lowest BCUT2D eigenvalue weighted by Gasteiger charge is -2.18. The zero-order valence-electron chi connectivity index (χ0n) is 20.3. The molecule has 2 amide bonds. The predicted molar refractivity (Wildman–Crippen MR) is 134 cm³/mol. The summed E-state index contributed by atoms with van der Waals surface area (Å²) < 4.78 is 10.7. The van der Waals surface area contributed by atoms with Gasteiger partial charge in [-0.25, -0.2) is 4.90 Å². The molecule has 4 rings (SSSR count). The van der Waals surface area contributed by atoms with Crippen LogP contribution in [0.4, 0.5) is 11.4 Å². The van der Waals surface area contributed by atoms with Gasteiger partial charge in [0.1, 0.15) is 17.2 Å². The molecule has 1 N–H and O–H groups in total. The van der Waals surface area contributed by atoms with Gasteiger partial charge in [0.05, 0.1) is 25.5 Å². The van der Waals surface area contributed by atoms with Crippen LogP contribution in [-0.4, -0.2) is 26.0 Å². The van der Waals surface area contributed by atoms with Crippen LogP contribution < -0.4 is 19.7 Å². The van der Waals surface area contributed by atoms with Crippen molar-refractivity contribution in [1.82, 2.24) is 0 Å². The first-order valence-corrected chi connectivity index (χ1v) is 11.0. The predicted octanol–water partition coefficient (Wildman–Crippen LogP) is 5.33. The van der Waals surface area contributed by atoms with Crippen molar-refractivity contribution in [3.63, 3.8) is 0 Å². The highest BCUT2D eigenvalue weighted by molar-refractivity contribution is 6.46. The van der Waals surface area contributed by atoms with E-state index in [4.69, 9.17) is 9.47 Å². The molecular weight excluding hydrogens is 428 g/mol. The Kier molecular flexibility index (Phi) is 6.16. The summed E-state index contributed by atoms with van der Waals surface area (Å²) in [7, 11) is 3.12. The summed E-state index contributed by atoms with van der Waals surface area (Å²) in [6.07, 6.45) is 0. The maximum Gasteiger partial charge on any atom is 0.282 e. The maximum atomic E-state index is 13.8. The number of carbonyl (C=O) groups excluding carboxylic acids is 2. The molecule has 6 nitrogen and oxygen atoms in total. The van der Waals surface area contributed by atoms with Gasteiger partial charge in [0, 0.05) is 23.9 Å². The monoisotopic (exact) mass is 456 g/mol. The number of amides is 2. The number of hydrogen-bond donors (Lipinski definition) is 1. The minimum Gasteiger partial charge on any atom is -0.497 e. The van der Waals surface area contributed by atoms with Gasteiger partial charge in [-0.2, -0.15) is 0 Å². The molecule has 0 aromatic heterocycles. The van der Waals surface area contributed by atoms with Gasteiger partial charge in [0.25, 0.3) is 11.8 Å². The molecule has 0 saturated carbocycles. The largest absolute Gasteiger partial charge is 0.497 e. The molecule has 1 heterocycles. The van der Waals surface area contributed by atoms with Crippen molar-refractivity contribution in [2.45, 2.75) is 27.7 Å². The Hall–Kier alpha value is -4.06. The van der Waals surface area contributed by atoms with Crippen LogP contribution in [0.1, 0.15) is 27.8 Å². The van der Waals surface area contributed by atoms with Crippen LogP contribution in [0.2, 0.25) is 0 Å². The Morgan fingerprint density at radius 2 is 1.35 bits per heavy atom. The number of nitrogens with zero attached hydrogens (tertiary/aromatic N) is 1. The molecule has 0 saturated heterocycles. The van der Waals surface area contributed by atoms with Crippen molar-refractivity contribution in [1.29, 1.82) is 0 Å². The number of carbonyl (C=O) groups is 2. The number of rotatable bonds is 6. The Morgan fingerprint density at radius 1 is 0.706 bits per heavy atom. The van der Waals surface area contributed by atoms with Gasteiger partial charge in [0.2, 0.25) is 0 Å². The second-order valence-electron chi connectivity index (χ2n) is 8.51. The van der Waals surface area contributed by atoms with Crippen molar-refractivity contribution in [2.75, 3.05) is 24.4 Å². The highest BCUT2D eigenvalue weighted by Crippen LogP contribution is 2.37. The molecular formula is C28H28N2O4. The quantitative estimate of drug-likeness (QED) is 0.508. The molecule has 0 radical (unpaired) electrons. The van der Waals surface area contributed by atoms with Gasteiger partial charge < -0.3 is 14.8 Å². The summed E-state index contributed by atoms with van der Waals surface area (Å²) in [5.41, 5.74) is 6.35. The molecule has 3 aromatic carbocycles. The Bertz CT molecular complexity index is 1320. The Balaban J connectivity index is 1.88. The molecule has 1 aliphatic heterocycles. The number of aryl methyl sites for hydroxylation is 4. The molecule has 0 atom stereocenters. The fourth-order valence-electron chi connectivity index (χ4n) is 4.01. The Labute approximate surface area is 199 Å². The number of anilines is 2. The van der Waals surface area contributed by atoms with Gasteiger partial charge in [-0.15, -0.1) is 0 Å². The molecule has 6 heteroatoms. The molecule has 174 valence electrons. The molecule has 3 aromatic rings. The van der Waals surface area contributed by atoms with E-state index in [-0.39, 0.29) is 11.6 Å². The number of hydrogen-bond acceptors (Lipinski definition) is 5. The standard InChI is InChI=1S/C28H28N2O4/c1-16-7-8-18(3)24(11-16)30-27(31)25(20-10-9-17(2)19(4)12-20)26(28(30)32)29-21-13-22(33-5)15-23(14-21)34-6/h7-15,29H,1-6H3. The second kappa shape index (κ2) is 9.06. The molecule has 0 aliphatic carbocycles. The Morgan fingerprint density at radius 3 is 1.97 bits per heavy atom.